The third-order valence-electron chi connectivity index (χ3n) is 3.25. The van der Waals surface area contributed by atoms with Crippen LogP contribution in [0.2, 0.25) is 0 Å². The zero-order chi connectivity index (χ0) is 15.1. The lowest BCUT2D eigenvalue weighted by Crippen LogP contribution is -2.39. The molecule has 1 aromatic carbocycles. The molecule has 4 heteroatoms. The summed E-state index contributed by atoms with van der Waals surface area (Å²) >= 11 is 0. The first-order valence-corrected chi connectivity index (χ1v) is 7.26. The maximum absolute atomic E-state index is 10.2. The van der Waals surface area contributed by atoms with E-state index < -0.39 is 6.10 Å². The summed E-state index contributed by atoms with van der Waals surface area (Å²) < 4.78 is 10.7. The van der Waals surface area contributed by atoms with E-state index in [0.29, 0.717) is 19.2 Å². The van der Waals surface area contributed by atoms with Crippen LogP contribution in [-0.4, -0.2) is 30.4 Å². The number of rotatable bonds is 8. The quantitative estimate of drug-likeness (QED) is 0.811. The number of hydrogen-bond acceptors (Lipinski definition) is 4. The zero-order valence-electron chi connectivity index (χ0n) is 12.6. The Hall–Kier alpha value is -1.78. The van der Waals surface area contributed by atoms with E-state index in [1.54, 1.807) is 6.26 Å². The summed E-state index contributed by atoms with van der Waals surface area (Å²) in [7, 11) is 0. The number of para-hydroxylation sites is 1. The van der Waals surface area contributed by atoms with Gasteiger partial charge in [0.15, 0.2) is 0 Å². The number of furan rings is 1. The van der Waals surface area contributed by atoms with Gasteiger partial charge in [0.05, 0.1) is 19.0 Å². The number of aliphatic hydroxyl groups excluding tert-OH is 1. The number of benzene rings is 1. The van der Waals surface area contributed by atoms with Gasteiger partial charge in [0.1, 0.15) is 12.4 Å². The molecule has 0 aliphatic rings. The number of nitrogens with zero attached hydrogens (tertiary/aromatic N) is 1. The highest BCUT2D eigenvalue weighted by atomic mass is 16.5. The minimum atomic E-state index is -0.539. The Morgan fingerprint density at radius 2 is 1.90 bits per heavy atom. The molecule has 0 bridgehead atoms. The van der Waals surface area contributed by atoms with Gasteiger partial charge in [-0.15, -0.1) is 0 Å². The maximum Gasteiger partial charge on any atom is 0.129 e. The van der Waals surface area contributed by atoms with Crippen LogP contribution in [0.1, 0.15) is 19.6 Å². The minimum absolute atomic E-state index is 0.288. The van der Waals surface area contributed by atoms with Crippen LogP contribution < -0.4 is 4.90 Å². The van der Waals surface area contributed by atoms with Gasteiger partial charge in [0.2, 0.25) is 0 Å². The van der Waals surface area contributed by atoms with Crippen LogP contribution in [0.4, 0.5) is 5.69 Å². The van der Waals surface area contributed by atoms with Crippen molar-refractivity contribution in [2.45, 2.75) is 32.6 Å². The van der Waals surface area contributed by atoms with Crippen molar-refractivity contribution in [3.63, 3.8) is 0 Å². The molecule has 114 valence electrons. The molecule has 0 aliphatic carbocycles. The molecule has 0 saturated carbocycles. The van der Waals surface area contributed by atoms with Gasteiger partial charge in [0.25, 0.3) is 0 Å². The number of aliphatic hydroxyl groups is 1. The van der Waals surface area contributed by atoms with Gasteiger partial charge >= 0.3 is 0 Å². The Kier molecular flexibility index (Phi) is 5.84. The predicted octanol–water partition coefficient (Wildman–Crippen LogP) is 3.07. The Morgan fingerprint density at radius 1 is 1.14 bits per heavy atom. The van der Waals surface area contributed by atoms with E-state index in [2.05, 4.69) is 30.9 Å². The van der Waals surface area contributed by atoms with Crippen molar-refractivity contribution < 1.29 is 14.3 Å². The minimum Gasteiger partial charge on any atom is -0.467 e. The molecule has 1 aromatic heterocycles. The second kappa shape index (κ2) is 7.86. The van der Waals surface area contributed by atoms with Crippen LogP contribution in [-0.2, 0) is 11.3 Å². The topological polar surface area (TPSA) is 45.8 Å². The Labute approximate surface area is 126 Å². The molecule has 0 amide bonds. The summed E-state index contributed by atoms with van der Waals surface area (Å²) in [5, 5.41) is 10.2. The molecule has 1 N–H and O–H groups in total. The van der Waals surface area contributed by atoms with E-state index in [1.165, 1.54) is 0 Å². The van der Waals surface area contributed by atoms with Crippen LogP contribution in [0.5, 0.6) is 0 Å². The smallest absolute Gasteiger partial charge is 0.129 e. The number of hydrogen-bond donors (Lipinski definition) is 1. The lowest BCUT2D eigenvalue weighted by molar-refractivity contribution is 0.0251. The van der Waals surface area contributed by atoms with Gasteiger partial charge in [0, 0.05) is 18.3 Å². The SMILES string of the molecule is CC(C)N(CC(O)COCc1ccco1)c1ccccc1. The third-order valence-corrected chi connectivity index (χ3v) is 3.25. The molecular formula is C17H23NO3. The van der Waals surface area contributed by atoms with Gasteiger partial charge in [-0.05, 0) is 38.1 Å². The number of anilines is 1. The highest BCUT2D eigenvalue weighted by molar-refractivity contribution is 5.46. The molecule has 1 unspecified atom stereocenters. The molecule has 0 spiro atoms. The van der Waals surface area contributed by atoms with Gasteiger partial charge in [-0.3, -0.25) is 0 Å². The first-order chi connectivity index (χ1) is 10.2. The predicted molar refractivity (Wildman–Crippen MR) is 83.3 cm³/mol. The molecule has 2 rings (SSSR count). The lowest BCUT2D eigenvalue weighted by atomic mass is 10.2. The molecule has 1 atom stereocenters. The zero-order valence-corrected chi connectivity index (χ0v) is 12.6. The Balaban J connectivity index is 1.82. The summed E-state index contributed by atoms with van der Waals surface area (Å²) in [6, 6.07) is 14.1. The third kappa shape index (κ3) is 4.92. The monoisotopic (exact) mass is 289 g/mol. The van der Waals surface area contributed by atoms with E-state index in [1.807, 2.05) is 30.3 Å². The molecular weight excluding hydrogens is 266 g/mol. The van der Waals surface area contributed by atoms with E-state index in [9.17, 15) is 5.11 Å². The summed E-state index contributed by atoms with van der Waals surface area (Å²) in [6.45, 7) is 5.44. The summed E-state index contributed by atoms with van der Waals surface area (Å²) in [4.78, 5) is 2.17. The second-order valence-corrected chi connectivity index (χ2v) is 5.33. The van der Waals surface area contributed by atoms with Gasteiger partial charge < -0.3 is 19.2 Å². The summed E-state index contributed by atoms with van der Waals surface area (Å²) in [5.74, 6) is 0.769. The molecule has 0 radical (unpaired) electrons. The molecule has 21 heavy (non-hydrogen) atoms. The van der Waals surface area contributed by atoms with Crippen LogP contribution in [0.25, 0.3) is 0 Å². The average Bonchev–Trinajstić information content (AvgIpc) is 2.98. The van der Waals surface area contributed by atoms with Gasteiger partial charge in [-0.1, -0.05) is 18.2 Å². The molecule has 0 saturated heterocycles. The van der Waals surface area contributed by atoms with Crippen molar-refractivity contribution in [2.75, 3.05) is 18.1 Å². The summed E-state index contributed by atoms with van der Waals surface area (Å²) in [6.07, 6.45) is 1.08. The fourth-order valence-corrected chi connectivity index (χ4v) is 2.20. The molecule has 2 aromatic rings. The highest BCUT2D eigenvalue weighted by Crippen LogP contribution is 2.16. The van der Waals surface area contributed by atoms with Crippen molar-refractivity contribution in [2.24, 2.45) is 0 Å². The van der Waals surface area contributed by atoms with Gasteiger partial charge in [-0.25, -0.2) is 0 Å². The van der Waals surface area contributed by atoms with Crippen molar-refractivity contribution in [3.05, 3.63) is 54.5 Å². The van der Waals surface area contributed by atoms with Crippen LogP contribution in [0.15, 0.2) is 53.1 Å². The first-order valence-electron chi connectivity index (χ1n) is 7.26. The maximum atomic E-state index is 10.2. The first kappa shape index (κ1) is 15.6. The van der Waals surface area contributed by atoms with E-state index in [0.717, 1.165) is 11.4 Å². The summed E-state index contributed by atoms with van der Waals surface area (Å²) in [5.41, 5.74) is 1.11. The molecule has 4 nitrogen and oxygen atoms in total. The fraction of sp³-hybridized carbons (Fsp3) is 0.412. The molecule has 0 aliphatic heterocycles. The fourth-order valence-electron chi connectivity index (χ4n) is 2.20. The normalized spacial score (nSPS) is 12.6. The van der Waals surface area contributed by atoms with E-state index >= 15 is 0 Å². The molecule has 0 fully saturated rings. The molecule has 1 heterocycles. The van der Waals surface area contributed by atoms with Crippen molar-refractivity contribution in [1.82, 2.24) is 0 Å². The highest BCUT2D eigenvalue weighted by Gasteiger charge is 2.15. The second-order valence-electron chi connectivity index (χ2n) is 5.33. The van der Waals surface area contributed by atoms with Gasteiger partial charge in [-0.2, -0.15) is 0 Å². The standard InChI is InChI=1S/C17H23NO3/c1-14(2)18(15-7-4-3-5-8-15)11-16(19)12-20-13-17-9-6-10-21-17/h3-10,14,16,19H,11-13H2,1-2H3. The van der Waals surface area contributed by atoms with Crippen molar-refractivity contribution >= 4 is 5.69 Å². The van der Waals surface area contributed by atoms with E-state index in [-0.39, 0.29) is 6.61 Å². The van der Waals surface area contributed by atoms with Crippen molar-refractivity contribution in [3.8, 4) is 0 Å². The number of ether oxygens (including phenoxy) is 1. The van der Waals surface area contributed by atoms with Crippen LogP contribution in [0, 0.1) is 0 Å². The average molecular weight is 289 g/mol. The Morgan fingerprint density at radius 3 is 2.52 bits per heavy atom. The van der Waals surface area contributed by atoms with E-state index in [4.69, 9.17) is 9.15 Å². The van der Waals surface area contributed by atoms with Crippen LogP contribution in [0.3, 0.4) is 0 Å². The lowest BCUT2D eigenvalue weighted by Gasteiger charge is -2.31. The largest absolute Gasteiger partial charge is 0.467 e. The Bertz CT molecular complexity index is 496. The van der Waals surface area contributed by atoms with Crippen LogP contribution >= 0.6 is 0 Å². The van der Waals surface area contributed by atoms with Crippen molar-refractivity contribution in [1.29, 1.82) is 0 Å².